The fourth-order valence-electron chi connectivity index (χ4n) is 6.27. The zero-order valence-electron chi connectivity index (χ0n) is 35.2. The minimum atomic E-state index is -0.0178. The number of nitrogens with zero attached hydrogens (tertiary/aromatic N) is 2. The number of para-hydroxylation sites is 2. The molecular weight excluding hydrogens is 701 g/mol. The van der Waals surface area contributed by atoms with Crippen molar-refractivity contribution in [3.05, 3.63) is 98.1 Å². The van der Waals surface area contributed by atoms with Crippen molar-refractivity contribution in [2.45, 2.75) is 158 Å². The van der Waals surface area contributed by atoms with E-state index >= 15 is 0 Å². The molecule has 3 aromatic rings. The van der Waals surface area contributed by atoms with E-state index in [9.17, 15) is 5.11 Å². The number of aromatic hydroxyl groups is 1. The Morgan fingerprint density at radius 1 is 0.608 bits per heavy atom. The number of ether oxygens (including phenoxy) is 1. The topological polar surface area (TPSA) is 57.7 Å². The number of phenolic OH excluding ortho intramolecular Hbond substituents is 1. The molecule has 0 unspecified atom stereocenters. The van der Waals surface area contributed by atoms with Crippen molar-refractivity contribution in [2.24, 2.45) is 0 Å². The third-order valence-corrected chi connectivity index (χ3v) is 9.24. The predicted octanol–water partition coefficient (Wildman–Crippen LogP) is 14.4. The van der Waals surface area contributed by atoms with Gasteiger partial charge in [-0.2, -0.15) is 0 Å². The van der Waals surface area contributed by atoms with Crippen LogP contribution in [0, 0.1) is 6.92 Å². The normalized spacial score (nSPS) is 13.1. The molecule has 1 N–H and O–H groups in total. The SMILES string of the molecule is C1CCOC1.CC(C)c1cccc(C(C)C)c1[N-]CCC[N-]c1c(C(C)C)cccc1C(C)C.Cc1cc(C(C)(C)C)c(O)c(C(C)(C)C)c1.[Y]. The van der Waals surface area contributed by atoms with E-state index < -0.39 is 0 Å². The second kappa shape index (κ2) is 21.7. The van der Waals surface area contributed by atoms with Crippen LogP contribution >= 0.6 is 0 Å². The zero-order valence-corrected chi connectivity index (χ0v) is 38.0. The van der Waals surface area contributed by atoms with Gasteiger partial charge in [-0.15, -0.1) is 24.5 Å². The van der Waals surface area contributed by atoms with Gasteiger partial charge in [0.15, 0.2) is 0 Å². The van der Waals surface area contributed by atoms with Gasteiger partial charge in [-0.05, 0) is 65.4 Å². The van der Waals surface area contributed by atoms with Crippen molar-refractivity contribution in [2.75, 3.05) is 26.3 Å². The number of aryl methyl sites for hydroxylation is 1. The molecule has 283 valence electrons. The molecular formula is C46H72N2O2Y-2. The molecule has 0 bridgehead atoms. The molecule has 0 atom stereocenters. The molecule has 1 fully saturated rings. The van der Waals surface area contributed by atoms with Gasteiger partial charge in [-0.3, -0.25) is 0 Å². The maximum Gasteiger partial charge on any atom is 0.123 e. The molecule has 4 rings (SSSR count). The molecule has 0 aromatic heterocycles. The Bertz CT molecular complexity index is 1300. The molecule has 1 radical (unpaired) electrons. The average molecular weight is 774 g/mol. The van der Waals surface area contributed by atoms with Gasteiger partial charge in [-0.1, -0.05) is 180 Å². The van der Waals surface area contributed by atoms with Gasteiger partial charge in [-0.25, -0.2) is 0 Å². The van der Waals surface area contributed by atoms with Crippen LogP contribution < -0.4 is 0 Å². The van der Waals surface area contributed by atoms with Crippen molar-refractivity contribution in [3.8, 4) is 5.75 Å². The minimum absolute atomic E-state index is 0. The monoisotopic (exact) mass is 773 g/mol. The van der Waals surface area contributed by atoms with Crippen LogP contribution in [0.2, 0.25) is 0 Å². The third kappa shape index (κ3) is 14.8. The Morgan fingerprint density at radius 3 is 1.16 bits per heavy atom. The standard InChI is InChI=1S/C27H40N2.C15H24O.C4H8O.Y/c1-18(2)22-12-9-13-23(19(3)4)26(22)28-16-11-17-29-27-24(20(5)6)14-10-15-25(27)21(7)8;1-10-8-11(14(2,3)4)13(16)12(9-10)15(5,6)7;1-2-4-5-3-1;/h9-10,12-15,18-21H,11,16-17H2,1-8H3;8-9,16H,1-7H3;1-4H2;/q-2;;;. The van der Waals surface area contributed by atoms with Gasteiger partial charge in [0, 0.05) is 45.9 Å². The Kier molecular flexibility index (Phi) is 20.1. The number of hydrogen-bond acceptors (Lipinski definition) is 2. The molecule has 1 aliphatic rings. The van der Waals surface area contributed by atoms with Crippen molar-refractivity contribution < 1.29 is 42.6 Å². The van der Waals surface area contributed by atoms with Gasteiger partial charge < -0.3 is 20.5 Å². The molecule has 0 aliphatic carbocycles. The van der Waals surface area contributed by atoms with Crippen LogP contribution in [0.3, 0.4) is 0 Å². The summed E-state index contributed by atoms with van der Waals surface area (Å²) in [7, 11) is 0. The van der Waals surface area contributed by atoms with Crippen LogP contribution in [0.25, 0.3) is 10.6 Å². The van der Waals surface area contributed by atoms with E-state index in [4.69, 9.17) is 15.4 Å². The molecule has 0 amide bonds. The molecule has 1 aliphatic heterocycles. The van der Waals surface area contributed by atoms with Crippen LogP contribution in [0.1, 0.15) is 179 Å². The third-order valence-electron chi connectivity index (χ3n) is 9.24. The fraction of sp³-hybridized carbons (Fsp3) is 0.609. The van der Waals surface area contributed by atoms with Crippen molar-refractivity contribution in [1.82, 2.24) is 0 Å². The molecule has 4 nitrogen and oxygen atoms in total. The van der Waals surface area contributed by atoms with Crippen molar-refractivity contribution >= 4 is 11.4 Å². The summed E-state index contributed by atoms with van der Waals surface area (Å²) >= 11 is 0. The number of benzene rings is 3. The average Bonchev–Trinajstić information content (AvgIpc) is 3.61. The van der Waals surface area contributed by atoms with Crippen LogP contribution in [0.15, 0.2) is 48.5 Å². The summed E-state index contributed by atoms with van der Waals surface area (Å²) in [5.41, 5.74) is 11.1. The summed E-state index contributed by atoms with van der Waals surface area (Å²) in [6.45, 7) is 36.6. The first kappa shape index (κ1) is 47.1. The summed E-state index contributed by atoms with van der Waals surface area (Å²) < 4.78 is 4.94. The Morgan fingerprint density at radius 2 is 0.922 bits per heavy atom. The predicted molar refractivity (Wildman–Crippen MR) is 220 cm³/mol. The summed E-state index contributed by atoms with van der Waals surface area (Å²) in [6.07, 6.45) is 3.54. The molecule has 3 aromatic carbocycles. The van der Waals surface area contributed by atoms with E-state index in [1.54, 1.807) is 0 Å². The smallest absolute Gasteiger partial charge is 0.123 e. The van der Waals surface area contributed by atoms with Gasteiger partial charge in [0.05, 0.1) is 0 Å². The molecule has 51 heavy (non-hydrogen) atoms. The first-order valence-electron chi connectivity index (χ1n) is 19.3. The van der Waals surface area contributed by atoms with Gasteiger partial charge in [0.1, 0.15) is 5.75 Å². The van der Waals surface area contributed by atoms with Gasteiger partial charge in [0.25, 0.3) is 0 Å². The molecule has 0 saturated carbocycles. The maximum atomic E-state index is 10.4. The number of hydrogen-bond donors (Lipinski definition) is 1. The van der Waals surface area contributed by atoms with Crippen LogP contribution in [0.5, 0.6) is 5.75 Å². The molecule has 5 heteroatoms. The van der Waals surface area contributed by atoms with Crippen molar-refractivity contribution in [3.63, 3.8) is 0 Å². The first-order valence-corrected chi connectivity index (χ1v) is 19.3. The van der Waals surface area contributed by atoms with Crippen LogP contribution in [-0.2, 0) is 48.3 Å². The van der Waals surface area contributed by atoms with E-state index in [2.05, 4.69) is 152 Å². The number of phenols is 1. The van der Waals surface area contributed by atoms with Gasteiger partial charge >= 0.3 is 0 Å². The summed E-state index contributed by atoms with van der Waals surface area (Å²) in [5.74, 6) is 2.42. The number of rotatable bonds is 10. The largest absolute Gasteiger partial charge is 0.684 e. The van der Waals surface area contributed by atoms with Gasteiger partial charge in [0.2, 0.25) is 0 Å². The quantitative estimate of drug-likeness (QED) is 0.209. The second-order valence-corrected chi connectivity index (χ2v) is 17.3. The second-order valence-electron chi connectivity index (χ2n) is 17.3. The maximum absolute atomic E-state index is 10.4. The first-order chi connectivity index (χ1) is 23.3. The van der Waals surface area contributed by atoms with E-state index in [0.717, 1.165) is 43.9 Å². The Hall–Kier alpha value is -1.88. The van der Waals surface area contributed by atoms with Crippen LogP contribution in [0.4, 0.5) is 11.4 Å². The van der Waals surface area contributed by atoms with E-state index in [1.807, 2.05) is 0 Å². The molecule has 0 spiro atoms. The Labute approximate surface area is 339 Å². The molecule has 1 heterocycles. The van der Waals surface area contributed by atoms with E-state index in [0.29, 0.717) is 29.4 Å². The van der Waals surface area contributed by atoms with Crippen LogP contribution in [-0.4, -0.2) is 31.4 Å². The Balaban J connectivity index is 0.000000492. The zero-order chi connectivity index (χ0) is 37.8. The van der Waals surface area contributed by atoms with E-state index in [-0.39, 0.29) is 43.5 Å². The molecule has 1 saturated heterocycles. The summed E-state index contributed by atoms with van der Waals surface area (Å²) in [5, 5.41) is 20.5. The summed E-state index contributed by atoms with van der Waals surface area (Å²) in [6, 6.07) is 17.4. The van der Waals surface area contributed by atoms with Crippen molar-refractivity contribution in [1.29, 1.82) is 0 Å². The summed E-state index contributed by atoms with van der Waals surface area (Å²) in [4.78, 5) is 0. The fourth-order valence-corrected chi connectivity index (χ4v) is 6.27. The minimum Gasteiger partial charge on any atom is -0.684 e. The van der Waals surface area contributed by atoms with E-state index in [1.165, 1.54) is 52.0 Å².